The molecule has 0 aliphatic carbocycles. The fraction of sp³-hybridized carbons (Fsp3) is 0.857. The highest BCUT2D eigenvalue weighted by Crippen LogP contribution is 2.43. The maximum atomic E-state index is 12.7. The molecule has 0 radical (unpaired) electrons. The third kappa shape index (κ3) is 51.6. The van der Waals surface area contributed by atoms with Gasteiger partial charge >= 0.3 is 19.8 Å². The number of rotatable bonds is 53. The molecule has 9 nitrogen and oxygen atoms in total. The summed E-state index contributed by atoms with van der Waals surface area (Å²) < 4.78 is 33.0. The Kier molecular flexibility index (Phi) is 51.2. The summed E-state index contributed by atoms with van der Waals surface area (Å²) in [6.07, 6.45) is 61.9. The summed E-state index contributed by atoms with van der Waals surface area (Å²) in [5, 5.41) is 0. The molecule has 0 fully saturated rings. The van der Waals surface area contributed by atoms with E-state index in [2.05, 4.69) is 50.3 Å². The molecule has 0 aromatic carbocycles. The monoisotopic (exact) mass is 952 g/mol. The highest BCUT2D eigenvalue weighted by molar-refractivity contribution is 7.47. The fourth-order valence-electron chi connectivity index (χ4n) is 8.12. The molecule has 0 saturated heterocycles. The molecule has 0 aromatic rings. The minimum absolute atomic E-state index is 0.0518. The third-order valence-corrected chi connectivity index (χ3v) is 13.3. The Bertz CT molecular complexity index is 1180. The van der Waals surface area contributed by atoms with E-state index in [1.54, 1.807) is 0 Å². The largest absolute Gasteiger partial charge is 0.472 e. The van der Waals surface area contributed by atoms with Crippen LogP contribution in [-0.2, 0) is 32.7 Å². The van der Waals surface area contributed by atoms with Gasteiger partial charge in [-0.1, -0.05) is 249 Å². The van der Waals surface area contributed by atoms with E-state index >= 15 is 0 Å². The van der Waals surface area contributed by atoms with E-state index in [9.17, 15) is 19.0 Å². The molecule has 3 N–H and O–H groups in total. The molecule has 0 aromatic heterocycles. The van der Waals surface area contributed by atoms with Gasteiger partial charge in [0, 0.05) is 19.4 Å². The summed E-state index contributed by atoms with van der Waals surface area (Å²) in [6.45, 7) is 3.76. The Morgan fingerprint density at radius 1 is 0.455 bits per heavy atom. The second kappa shape index (κ2) is 52.6. The highest BCUT2D eigenvalue weighted by atomic mass is 31.2. The van der Waals surface area contributed by atoms with Crippen molar-refractivity contribution in [2.45, 2.75) is 283 Å². The number of carbonyl (C=O) groups is 2. The number of unbranched alkanes of at least 4 members (excludes halogenated alkanes) is 34. The summed E-state index contributed by atoms with van der Waals surface area (Å²) in [5.74, 6) is -0.830. The number of esters is 2. The molecule has 0 bridgehead atoms. The van der Waals surface area contributed by atoms with Crippen LogP contribution in [0, 0.1) is 0 Å². The minimum atomic E-state index is -4.39. The lowest BCUT2D eigenvalue weighted by atomic mass is 10.0. The number of carbonyl (C=O) groups excluding carboxylic acids is 2. The smallest absolute Gasteiger partial charge is 0.462 e. The van der Waals surface area contributed by atoms with Crippen LogP contribution < -0.4 is 5.73 Å². The molecule has 0 amide bonds. The SMILES string of the molecule is CCCCCCC/C=C\C/C=C\C/C=C\CCCCCCCCC(=O)OC(COC(=O)CCCCCCCCCCCCCCCCCCCCCCCCCC)COP(=O)(O)OCCN. The number of nitrogens with two attached hydrogens (primary N) is 1. The second-order valence-electron chi connectivity index (χ2n) is 18.8. The molecule has 10 heteroatoms. The van der Waals surface area contributed by atoms with E-state index in [-0.39, 0.29) is 38.6 Å². The van der Waals surface area contributed by atoms with Crippen LogP contribution in [-0.4, -0.2) is 49.3 Å². The maximum Gasteiger partial charge on any atom is 0.472 e. The average Bonchev–Trinajstić information content (AvgIpc) is 3.31. The van der Waals surface area contributed by atoms with Gasteiger partial charge in [0.1, 0.15) is 6.61 Å². The van der Waals surface area contributed by atoms with E-state index in [4.69, 9.17) is 24.3 Å². The highest BCUT2D eigenvalue weighted by Gasteiger charge is 2.26. The Morgan fingerprint density at radius 3 is 1.17 bits per heavy atom. The number of hydrogen-bond acceptors (Lipinski definition) is 8. The van der Waals surface area contributed by atoms with Gasteiger partial charge in [0.15, 0.2) is 6.10 Å². The van der Waals surface area contributed by atoms with Gasteiger partial charge in [0.2, 0.25) is 0 Å². The Labute approximate surface area is 407 Å². The van der Waals surface area contributed by atoms with Crippen LogP contribution in [0.3, 0.4) is 0 Å². The van der Waals surface area contributed by atoms with Crippen molar-refractivity contribution in [3.63, 3.8) is 0 Å². The van der Waals surface area contributed by atoms with Crippen molar-refractivity contribution >= 4 is 19.8 Å². The lowest BCUT2D eigenvalue weighted by Gasteiger charge is -2.19. The Hall–Kier alpha value is -1.77. The quantitative estimate of drug-likeness (QED) is 0.0264. The standard InChI is InChI=1S/C56H106NO8P/c1-3-5-7-9-11-13-15-17-19-21-23-25-26-27-29-30-32-34-36-38-40-42-44-46-48-55(58)62-52-54(53-64-66(60,61)63-51-50-57)65-56(59)49-47-45-43-41-39-37-35-33-31-28-24-22-20-18-16-14-12-10-8-6-4-2/h16,18,22,24,31,33,54H,3-15,17,19-21,23,25-30,32,34-53,57H2,1-2H3,(H,60,61)/b18-16-,24-22-,33-31-. The summed E-state index contributed by atoms with van der Waals surface area (Å²) in [4.78, 5) is 35.1. The minimum Gasteiger partial charge on any atom is -0.462 e. The van der Waals surface area contributed by atoms with Gasteiger partial charge in [-0.2, -0.15) is 0 Å². The number of phosphoric acid groups is 1. The van der Waals surface area contributed by atoms with Crippen LogP contribution in [0.25, 0.3) is 0 Å². The van der Waals surface area contributed by atoms with Gasteiger partial charge in [-0.25, -0.2) is 4.57 Å². The van der Waals surface area contributed by atoms with Crippen molar-refractivity contribution in [3.05, 3.63) is 36.5 Å². The normalized spacial score (nSPS) is 13.3. The van der Waals surface area contributed by atoms with Crippen LogP contribution >= 0.6 is 7.82 Å². The molecule has 0 aliphatic heterocycles. The Balaban J connectivity index is 3.99. The third-order valence-electron chi connectivity index (χ3n) is 12.3. The summed E-state index contributed by atoms with van der Waals surface area (Å²) in [6, 6.07) is 0. The summed E-state index contributed by atoms with van der Waals surface area (Å²) in [7, 11) is -4.39. The van der Waals surface area contributed by atoms with Crippen molar-refractivity contribution < 1.29 is 37.6 Å². The molecule has 0 heterocycles. The number of hydrogen-bond donors (Lipinski definition) is 2. The van der Waals surface area contributed by atoms with Crippen LogP contribution in [0.5, 0.6) is 0 Å². The van der Waals surface area contributed by atoms with Crippen LogP contribution in [0.2, 0.25) is 0 Å². The predicted octanol–water partition coefficient (Wildman–Crippen LogP) is 17.2. The fourth-order valence-corrected chi connectivity index (χ4v) is 8.88. The molecule has 0 spiro atoms. The molecule has 2 atom stereocenters. The Morgan fingerprint density at radius 2 is 0.788 bits per heavy atom. The molecule has 0 aliphatic rings. The zero-order chi connectivity index (χ0) is 48.1. The molecule has 0 rings (SSSR count). The summed E-state index contributed by atoms with van der Waals surface area (Å²) >= 11 is 0. The van der Waals surface area contributed by atoms with Gasteiger partial charge in [-0.15, -0.1) is 0 Å². The van der Waals surface area contributed by atoms with Gasteiger partial charge in [0.25, 0.3) is 0 Å². The van der Waals surface area contributed by atoms with Crippen molar-refractivity contribution in [2.75, 3.05) is 26.4 Å². The number of ether oxygens (including phenoxy) is 2. The summed E-state index contributed by atoms with van der Waals surface area (Å²) in [5.41, 5.74) is 5.38. The van der Waals surface area contributed by atoms with E-state index < -0.39 is 26.5 Å². The average molecular weight is 952 g/mol. The van der Waals surface area contributed by atoms with Gasteiger partial charge in [-0.3, -0.25) is 18.6 Å². The van der Waals surface area contributed by atoms with Crippen LogP contribution in [0.15, 0.2) is 36.5 Å². The van der Waals surface area contributed by atoms with E-state index in [0.29, 0.717) is 6.42 Å². The van der Waals surface area contributed by atoms with E-state index in [0.717, 1.165) is 70.6 Å². The van der Waals surface area contributed by atoms with Gasteiger partial charge in [0.05, 0.1) is 13.2 Å². The molecule has 66 heavy (non-hydrogen) atoms. The first-order valence-electron chi connectivity index (χ1n) is 28.0. The number of phosphoric ester groups is 1. The van der Waals surface area contributed by atoms with Crippen molar-refractivity contribution in [2.24, 2.45) is 5.73 Å². The number of allylic oxidation sites excluding steroid dienone is 6. The van der Waals surface area contributed by atoms with Crippen molar-refractivity contribution in [3.8, 4) is 0 Å². The molecular weight excluding hydrogens is 846 g/mol. The molecule has 2 unspecified atom stereocenters. The molecule has 0 saturated carbocycles. The molecular formula is C56H106NO8P. The predicted molar refractivity (Wildman–Crippen MR) is 280 cm³/mol. The second-order valence-corrected chi connectivity index (χ2v) is 20.3. The van der Waals surface area contributed by atoms with Gasteiger partial charge in [-0.05, 0) is 51.4 Å². The van der Waals surface area contributed by atoms with E-state index in [1.165, 1.54) is 173 Å². The topological polar surface area (TPSA) is 134 Å². The molecule has 388 valence electrons. The first-order chi connectivity index (χ1) is 32.3. The van der Waals surface area contributed by atoms with E-state index in [1.807, 2.05) is 0 Å². The first-order valence-corrected chi connectivity index (χ1v) is 29.5. The zero-order valence-electron chi connectivity index (χ0n) is 43.2. The van der Waals surface area contributed by atoms with Crippen LogP contribution in [0.1, 0.15) is 277 Å². The lowest BCUT2D eigenvalue weighted by Crippen LogP contribution is -2.29. The lowest BCUT2D eigenvalue weighted by molar-refractivity contribution is -0.161. The van der Waals surface area contributed by atoms with Gasteiger partial charge < -0.3 is 20.1 Å². The maximum absolute atomic E-state index is 12.7. The van der Waals surface area contributed by atoms with Crippen molar-refractivity contribution in [1.29, 1.82) is 0 Å². The van der Waals surface area contributed by atoms with Crippen LogP contribution in [0.4, 0.5) is 0 Å². The zero-order valence-corrected chi connectivity index (χ0v) is 44.1. The first kappa shape index (κ1) is 64.2. The van der Waals surface area contributed by atoms with Crippen molar-refractivity contribution in [1.82, 2.24) is 0 Å².